The van der Waals surface area contributed by atoms with Crippen LogP contribution in [0.3, 0.4) is 0 Å². The number of benzene rings is 3. The van der Waals surface area contributed by atoms with E-state index >= 15 is 0 Å². The standard InChI is InChI=1S/C28H18FN5O5S/c29-17-9-5-15(6-10-17)21(35)14-39-27(38)16-7-11-18(12-8-16)34-23(36)13-22(26(34)37)40-28-31-25-24(32-33-28)19-3-1-2-4-20(19)30-25/h1-12,22H,13-14H2,(H,30,31,33). The number of aromatic nitrogens is 4. The number of carbonyl (C=O) groups excluding carboxylic acids is 4. The van der Waals surface area contributed by atoms with Gasteiger partial charge in [0.1, 0.15) is 16.6 Å². The first-order valence-corrected chi connectivity index (χ1v) is 13.0. The van der Waals surface area contributed by atoms with E-state index in [0.29, 0.717) is 16.9 Å². The number of imide groups is 1. The summed E-state index contributed by atoms with van der Waals surface area (Å²) in [6.45, 7) is -0.518. The molecule has 2 amide bonds. The minimum Gasteiger partial charge on any atom is -0.454 e. The zero-order valence-corrected chi connectivity index (χ0v) is 21.4. The Labute approximate surface area is 229 Å². The van der Waals surface area contributed by atoms with Gasteiger partial charge in [0.25, 0.3) is 0 Å². The molecule has 12 heteroatoms. The number of hydrogen-bond acceptors (Lipinski definition) is 9. The summed E-state index contributed by atoms with van der Waals surface area (Å²) in [5.74, 6) is -2.56. The van der Waals surface area contributed by atoms with Gasteiger partial charge in [-0.1, -0.05) is 30.0 Å². The number of nitrogens with zero attached hydrogens (tertiary/aromatic N) is 4. The lowest BCUT2D eigenvalue weighted by Gasteiger charge is -2.15. The van der Waals surface area contributed by atoms with Crippen LogP contribution in [0.15, 0.2) is 78.0 Å². The molecule has 1 saturated heterocycles. The second kappa shape index (κ2) is 10.3. The summed E-state index contributed by atoms with van der Waals surface area (Å²) in [4.78, 5) is 59.1. The van der Waals surface area contributed by atoms with Gasteiger partial charge in [0.15, 0.2) is 18.0 Å². The average molecular weight is 556 g/mol. The van der Waals surface area contributed by atoms with Crippen molar-refractivity contribution in [1.29, 1.82) is 0 Å². The summed E-state index contributed by atoms with van der Waals surface area (Å²) in [5, 5.41) is 8.81. The van der Waals surface area contributed by atoms with Gasteiger partial charge >= 0.3 is 5.97 Å². The Morgan fingerprint density at radius 2 is 1.70 bits per heavy atom. The third kappa shape index (κ3) is 4.80. The lowest BCUT2D eigenvalue weighted by atomic mass is 10.1. The number of H-pyrrole nitrogens is 1. The number of rotatable bonds is 7. The second-order valence-corrected chi connectivity index (χ2v) is 10.1. The van der Waals surface area contributed by atoms with Gasteiger partial charge in [0.2, 0.25) is 17.0 Å². The molecule has 0 saturated carbocycles. The first-order valence-electron chi connectivity index (χ1n) is 12.1. The molecule has 1 fully saturated rings. The molecule has 0 radical (unpaired) electrons. The largest absolute Gasteiger partial charge is 0.454 e. The number of anilines is 1. The van der Waals surface area contributed by atoms with Crippen molar-refractivity contribution in [3.8, 4) is 0 Å². The topological polar surface area (TPSA) is 135 Å². The normalized spacial score (nSPS) is 15.2. The highest BCUT2D eigenvalue weighted by Crippen LogP contribution is 2.33. The number of carbonyl (C=O) groups is 4. The van der Waals surface area contributed by atoms with Gasteiger partial charge in [-0.15, -0.1) is 10.2 Å². The maximum atomic E-state index is 13.1. The van der Waals surface area contributed by atoms with Gasteiger partial charge in [-0.3, -0.25) is 14.4 Å². The summed E-state index contributed by atoms with van der Waals surface area (Å²) in [5.41, 5.74) is 2.66. The number of para-hydroxylation sites is 1. The SMILES string of the molecule is O=C(COC(=O)c1ccc(N2C(=O)CC(Sc3nnc4c(n3)[nH]c3ccccc34)C2=O)cc1)c1ccc(F)cc1. The molecule has 198 valence electrons. The van der Waals surface area contributed by atoms with Crippen LogP contribution in [0.2, 0.25) is 0 Å². The van der Waals surface area contributed by atoms with Crippen LogP contribution in [0.1, 0.15) is 27.1 Å². The number of thioether (sulfide) groups is 1. The molecule has 5 aromatic rings. The van der Waals surface area contributed by atoms with Gasteiger partial charge in [-0.25, -0.2) is 19.1 Å². The molecule has 0 aliphatic carbocycles. The molecule has 3 aromatic carbocycles. The Kier molecular flexibility index (Phi) is 6.52. The minimum absolute atomic E-state index is 0.0487. The Balaban J connectivity index is 1.11. The molecule has 1 atom stereocenters. The Morgan fingerprint density at radius 3 is 2.48 bits per heavy atom. The van der Waals surface area contributed by atoms with Crippen molar-refractivity contribution in [3.05, 3.63) is 89.7 Å². The third-order valence-corrected chi connectivity index (χ3v) is 7.35. The number of aromatic amines is 1. The van der Waals surface area contributed by atoms with E-state index in [2.05, 4.69) is 20.2 Å². The summed E-state index contributed by atoms with van der Waals surface area (Å²) in [7, 11) is 0. The van der Waals surface area contributed by atoms with Crippen molar-refractivity contribution < 1.29 is 28.3 Å². The molecule has 1 aliphatic rings. The summed E-state index contributed by atoms with van der Waals surface area (Å²) >= 11 is 1.06. The highest BCUT2D eigenvalue weighted by molar-refractivity contribution is 8.00. The van der Waals surface area contributed by atoms with Crippen molar-refractivity contribution in [2.75, 3.05) is 11.5 Å². The molecule has 0 spiro atoms. The van der Waals surface area contributed by atoms with Crippen LogP contribution in [0.25, 0.3) is 22.1 Å². The highest BCUT2D eigenvalue weighted by Gasteiger charge is 2.41. The van der Waals surface area contributed by atoms with E-state index in [1.54, 1.807) is 0 Å². The number of halogens is 1. The first kappa shape index (κ1) is 25.3. The van der Waals surface area contributed by atoms with E-state index in [9.17, 15) is 23.6 Å². The lowest BCUT2D eigenvalue weighted by Crippen LogP contribution is -2.31. The Bertz CT molecular complexity index is 1810. The number of ketones is 1. The molecule has 1 unspecified atom stereocenters. The van der Waals surface area contributed by atoms with Crippen molar-refractivity contribution in [2.45, 2.75) is 16.8 Å². The minimum atomic E-state index is -0.758. The quantitative estimate of drug-likeness (QED) is 0.179. The van der Waals surface area contributed by atoms with E-state index in [1.807, 2.05) is 24.3 Å². The number of esters is 1. The van der Waals surface area contributed by atoms with E-state index in [1.165, 1.54) is 36.4 Å². The lowest BCUT2D eigenvalue weighted by molar-refractivity contribution is -0.121. The van der Waals surface area contributed by atoms with E-state index in [4.69, 9.17) is 4.74 Å². The smallest absolute Gasteiger partial charge is 0.338 e. The van der Waals surface area contributed by atoms with Crippen LogP contribution in [0, 0.1) is 5.82 Å². The van der Waals surface area contributed by atoms with Crippen LogP contribution in [0.4, 0.5) is 10.1 Å². The van der Waals surface area contributed by atoms with Crippen LogP contribution in [0.5, 0.6) is 0 Å². The third-order valence-electron chi connectivity index (χ3n) is 6.32. The molecule has 1 N–H and O–H groups in total. The number of amides is 2. The predicted molar refractivity (Wildman–Crippen MR) is 143 cm³/mol. The highest BCUT2D eigenvalue weighted by atomic mass is 32.2. The van der Waals surface area contributed by atoms with E-state index < -0.39 is 41.2 Å². The van der Waals surface area contributed by atoms with Crippen LogP contribution in [-0.2, 0) is 14.3 Å². The number of nitrogens with one attached hydrogen (secondary N) is 1. The maximum absolute atomic E-state index is 13.1. The van der Waals surface area contributed by atoms with Crippen molar-refractivity contribution >= 4 is 63.1 Å². The van der Waals surface area contributed by atoms with E-state index in [0.717, 1.165) is 39.7 Å². The monoisotopic (exact) mass is 555 g/mol. The van der Waals surface area contributed by atoms with Crippen molar-refractivity contribution in [3.63, 3.8) is 0 Å². The fraction of sp³-hybridized carbons (Fsp3) is 0.107. The fourth-order valence-electron chi connectivity index (χ4n) is 4.33. The zero-order valence-electron chi connectivity index (χ0n) is 20.5. The molecular formula is C28H18FN5O5S. The maximum Gasteiger partial charge on any atom is 0.338 e. The molecule has 6 rings (SSSR count). The van der Waals surface area contributed by atoms with Gasteiger partial charge in [0.05, 0.1) is 11.3 Å². The first-order chi connectivity index (χ1) is 19.4. The van der Waals surface area contributed by atoms with E-state index in [-0.39, 0.29) is 22.7 Å². The second-order valence-electron chi connectivity index (χ2n) is 8.89. The van der Waals surface area contributed by atoms with Crippen molar-refractivity contribution in [1.82, 2.24) is 20.2 Å². The van der Waals surface area contributed by atoms with Crippen LogP contribution < -0.4 is 4.90 Å². The molecule has 3 heterocycles. The molecule has 10 nitrogen and oxygen atoms in total. The zero-order chi connectivity index (χ0) is 27.8. The van der Waals surface area contributed by atoms with Gasteiger partial charge in [0, 0.05) is 22.9 Å². The van der Waals surface area contributed by atoms with Gasteiger partial charge < -0.3 is 9.72 Å². The molecule has 40 heavy (non-hydrogen) atoms. The number of ether oxygens (including phenoxy) is 1. The van der Waals surface area contributed by atoms with Crippen LogP contribution >= 0.6 is 11.8 Å². The molecule has 0 bridgehead atoms. The Hall–Kier alpha value is -4.97. The molecule has 1 aliphatic heterocycles. The fourth-order valence-corrected chi connectivity index (χ4v) is 5.25. The van der Waals surface area contributed by atoms with Crippen molar-refractivity contribution in [2.24, 2.45) is 0 Å². The predicted octanol–water partition coefficient (Wildman–Crippen LogP) is 4.11. The van der Waals surface area contributed by atoms with Gasteiger partial charge in [-0.05, 0) is 54.6 Å². The van der Waals surface area contributed by atoms with Gasteiger partial charge in [-0.2, -0.15) is 0 Å². The number of fused-ring (bicyclic) bond motifs is 3. The molecular weight excluding hydrogens is 537 g/mol. The Morgan fingerprint density at radius 1 is 0.975 bits per heavy atom. The number of hydrogen-bond donors (Lipinski definition) is 1. The average Bonchev–Trinajstić information content (AvgIpc) is 3.47. The summed E-state index contributed by atoms with van der Waals surface area (Å²) in [6.07, 6.45) is -0.0487. The van der Waals surface area contributed by atoms with Crippen LogP contribution in [-0.4, -0.2) is 55.6 Å². The summed E-state index contributed by atoms with van der Waals surface area (Å²) < 4.78 is 18.1. The molecule has 2 aromatic heterocycles. The summed E-state index contributed by atoms with van der Waals surface area (Å²) in [6, 6.07) is 18.2. The number of Topliss-reactive ketones (excluding diaryl/α,β-unsaturated/α-hetero) is 1.